The van der Waals surface area contributed by atoms with Gasteiger partial charge in [-0.1, -0.05) is 0 Å². The molecule has 0 bridgehead atoms. The first kappa shape index (κ1) is 10.6. The van der Waals surface area contributed by atoms with E-state index < -0.39 is -0.565 Å². The van der Waals surface area contributed by atoms with Crippen molar-refractivity contribution in [1.29, 1.82) is 0 Å². The van der Waals surface area contributed by atoms with Crippen LogP contribution in [0, 0.1) is 0 Å². The maximum atomic E-state index is 10.8. The third-order valence-electron chi connectivity index (χ3n) is 0.452. The molecule has 1 amide bonds. The highest BCUT2D eigenvalue weighted by Gasteiger charge is 2.27. The first-order valence-corrected chi connectivity index (χ1v) is 5.12. The lowest BCUT2D eigenvalue weighted by molar-refractivity contribution is -0.128. The van der Waals surface area contributed by atoms with Crippen molar-refractivity contribution in [3.63, 3.8) is 0 Å². The summed E-state index contributed by atoms with van der Waals surface area (Å²) in [5, 5.41) is 0. The number of hydrogen-bond acceptors (Lipinski definition) is 2. The number of hydrogen-bond donors (Lipinski definition) is 1. The summed E-state index contributed by atoms with van der Waals surface area (Å²) in [6.45, 7) is 0. The quantitative estimate of drug-likeness (QED) is 0.382. The van der Waals surface area contributed by atoms with Crippen molar-refractivity contribution in [2.45, 2.75) is -0.565 Å². The number of amides is 1. The van der Waals surface area contributed by atoms with Crippen molar-refractivity contribution in [2.75, 3.05) is 7.11 Å². The van der Waals surface area contributed by atoms with Gasteiger partial charge in [0.15, 0.2) is 0 Å². The van der Waals surface area contributed by atoms with Crippen LogP contribution in [0.3, 0.4) is 0 Å². The van der Waals surface area contributed by atoms with Crippen molar-refractivity contribution in [3.8, 4) is 0 Å². The Morgan fingerprint density at radius 1 is 1.56 bits per heavy atom. The van der Waals surface area contributed by atoms with Crippen molar-refractivity contribution < 1.29 is 9.63 Å². The fourth-order valence-electron chi connectivity index (χ4n) is 0.151. The molecule has 1 N–H and O–H groups in total. The van der Waals surface area contributed by atoms with E-state index in [0.717, 1.165) is 0 Å². The van der Waals surface area contributed by atoms with Gasteiger partial charge in [0.1, 0.15) is 0 Å². The summed E-state index contributed by atoms with van der Waals surface area (Å²) in [6, 6.07) is 0. The Hall–Kier alpha value is 1.62. The first-order chi connectivity index (χ1) is 3.98. The summed E-state index contributed by atoms with van der Waals surface area (Å²) >= 11 is 6.02. The molecule has 0 aliphatic rings. The zero-order valence-corrected chi connectivity index (χ0v) is 10.9. The third-order valence-corrected chi connectivity index (χ3v) is 1.92. The minimum Gasteiger partial charge on any atom is -0.277 e. The predicted octanol–water partition coefficient (Wildman–Crippen LogP) is 1.62. The van der Waals surface area contributed by atoms with Gasteiger partial charge in [0, 0.05) is 0 Å². The van der Waals surface area contributed by atoms with E-state index in [-0.39, 0.29) is 5.91 Å². The van der Waals surface area contributed by atoms with Crippen molar-refractivity contribution >= 4 is 73.7 Å². The highest BCUT2D eigenvalue weighted by atomic mass is 127. The Kier molecular flexibility index (Phi) is 5.30. The fraction of sp³-hybridized carbons (Fsp3) is 0.667. The Morgan fingerprint density at radius 2 is 2.00 bits per heavy atom. The third kappa shape index (κ3) is 4.95. The molecular formula is C3H4I3NO2. The Bertz CT molecular complexity index is 110. The SMILES string of the molecule is CONC(=O)C(I)(I)I. The maximum absolute atomic E-state index is 10.8. The first-order valence-electron chi connectivity index (χ1n) is 1.88. The van der Waals surface area contributed by atoms with Crippen LogP contribution in [0.25, 0.3) is 0 Å². The van der Waals surface area contributed by atoms with Gasteiger partial charge in [0.25, 0.3) is 5.91 Å². The van der Waals surface area contributed by atoms with Crippen LogP contribution >= 0.6 is 67.8 Å². The largest absolute Gasteiger partial charge is 0.279 e. The zero-order chi connectivity index (χ0) is 7.49. The van der Waals surface area contributed by atoms with Gasteiger partial charge in [-0.2, -0.15) is 0 Å². The Balaban J connectivity index is 3.74. The Morgan fingerprint density at radius 3 is 2.11 bits per heavy atom. The lowest BCUT2D eigenvalue weighted by Gasteiger charge is -2.09. The summed E-state index contributed by atoms with van der Waals surface area (Å²) in [5.41, 5.74) is 2.22. The second-order valence-corrected chi connectivity index (χ2v) is 12.2. The minimum absolute atomic E-state index is 0.146. The number of carbonyl (C=O) groups excluding carboxylic acids is 1. The molecule has 0 saturated carbocycles. The number of carbonyl (C=O) groups is 1. The summed E-state index contributed by atoms with van der Waals surface area (Å²) in [4.78, 5) is 15.2. The Labute approximate surface area is 94.0 Å². The van der Waals surface area contributed by atoms with E-state index in [2.05, 4.69) is 10.3 Å². The van der Waals surface area contributed by atoms with Gasteiger partial charge < -0.3 is 0 Å². The molecule has 3 nitrogen and oxygen atoms in total. The zero-order valence-electron chi connectivity index (χ0n) is 4.45. The van der Waals surface area contributed by atoms with Crippen LogP contribution in [0.2, 0.25) is 0 Å². The van der Waals surface area contributed by atoms with Crippen LogP contribution < -0.4 is 5.48 Å². The van der Waals surface area contributed by atoms with Crippen molar-refractivity contribution in [1.82, 2.24) is 5.48 Å². The smallest absolute Gasteiger partial charge is 0.277 e. The minimum atomic E-state index is -0.455. The number of hydroxylamine groups is 1. The molecule has 0 aromatic rings. The van der Waals surface area contributed by atoms with Crippen LogP contribution in [0.4, 0.5) is 0 Å². The molecule has 0 saturated heterocycles. The second kappa shape index (κ2) is 4.49. The molecule has 6 heteroatoms. The second-order valence-electron chi connectivity index (χ2n) is 1.13. The van der Waals surface area contributed by atoms with E-state index in [0.29, 0.717) is 0 Å². The van der Waals surface area contributed by atoms with Crippen LogP contribution in [0.1, 0.15) is 0 Å². The van der Waals surface area contributed by atoms with Crippen LogP contribution in [-0.4, -0.2) is 12.5 Å². The number of alkyl halides is 3. The molecule has 54 valence electrons. The average Bonchev–Trinajstić information content (AvgIpc) is 1.64. The van der Waals surface area contributed by atoms with Gasteiger partial charge in [0.05, 0.1) is 7.11 Å². The standard InChI is InChI=1S/C3H4I3NO2/c1-9-7-2(8)3(4,5)6/h1H3,(H,7,8). The molecule has 0 rings (SSSR count). The molecule has 0 heterocycles. The van der Waals surface area contributed by atoms with Gasteiger partial charge in [-0.25, -0.2) is 5.48 Å². The van der Waals surface area contributed by atoms with Crippen molar-refractivity contribution in [3.05, 3.63) is 0 Å². The average molecular weight is 467 g/mol. The molecule has 0 fully saturated rings. The maximum Gasteiger partial charge on any atom is 0.279 e. The molecule has 0 aromatic carbocycles. The number of halogens is 3. The van der Waals surface area contributed by atoms with E-state index in [9.17, 15) is 4.79 Å². The highest BCUT2D eigenvalue weighted by Crippen LogP contribution is 2.35. The predicted molar refractivity (Wildman–Crippen MR) is 59.9 cm³/mol. The van der Waals surface area contributed by atoms with Crippen molar-refractivity contribution in [2.24, 2.45) is 0 Å². The van der Waals surface area contributed by atoms with Crippen LogP contribution in [0.5, 0.6) is 0 Å². The number of nitrogens with one attached hydrogen (secondary N) is 1. The van der Waals surface area contributed by atoms with E-state index in [1.54, 1.807) is 0 Å². The molecule has 0 spiro atoms. The van der Waals surface area contributed by atoms with Gasteiger partial charge in [0.2, 0.25) is -0.565 Å². The van der Waals surface area contributed by atoms with Gasteiger partial charge in [-0.15, -0.1) is 0 Å². The number of rotatable bonds is 2. The summed E-state index contributed by atoms with van der Waals surface area (Å²) in [6.07, 6.45) is 0. The normalized spacial score (nSPS) is 11.1. The molecule has 0 atom stereocenters. The topological polar surface area (TPSA) is 38.3 Å². The van der Waals surface area contributed by atoms with Gasteiger partial charge >= 0.3 is 0 Å². The highest BCUT2D eigenvalue weighted by molar-refractivity contribution is 14.3. The van der Waals surface area contributed by atoms with Gasteiger partial charge in [-0.3, -0.25) is 9.63 Å². The summed E-state index contributed by atoms with van der Waals surface area (Å²) in [5.74, 6) is -0.146. The lowest BCUT2D eigenvalue weighted by Crippen LogP contribution is -2.32. The molecule has 0 aliphatic heterocycles. The molecular weight excluding hydrogens is 463 g/mol. The molecule has 0 unspecified atom stereocenters. The van der Waals surface area contributed by atoms with Crippen LogP contribution in [0.15, 0.2) is 0 Å². The monoisotopic (exact) mass is 467 g/mol. The summed E-state index contributed by atoms with van der Waals surface area (Å²) < 4.78 is -0.455. The van der Waals surface area contributed by atoms with Gasteiger partial charge in [-0.05, 0) is 67.8 Å². The van der Waals surface area contributed by atoms with E-state index >= 15 is 0 Å². The van der Waals surface area contributed by atoms with E-state index in [1.807, 2.05) is 67.8 Å². The van der Waals surface area contributed by atoms with E-state index in [1.165, 1.54) is 7.11 Å². The lowest BCUT2D eigenvalue weighted by atomic mass is 10.8. The van der Waals surface area contributed by atoms with E-state index in [4.69, 9.17) is 0 Å². The molecule has 0 aliphatic carbocycles. The summed E-state index contributed by atoms with van der Waals surface area (Å²) in [7, 11) is 1.41. The molecule has 9 heavy (non-hydrogen) atoms. The molecule has 0 radical (unpaired) electrons. The van der Waals surface area contributed by atoms with Crippen LogP contribution in [-0.2, 0) is 9.63 Å². The fourth-order valence-corrected chi connectivity index (χ4v) is 0.481. The molecule has 0 aromatic heterocycles.